The standard InChI is InChI=1S/C17H21N3O/c1-3-8-18-17(21)20-9-6-13-14-11-12(2)4-5-15(14)19-16(13)7-10-20/h3-5,11,19H,1,6-10H2,2H3,(H,18,21). The van der Waals surface area contributed by atoms with Gasteiger partial charge in [-0.1, -0.05) is 17.7 Å². The molecule has 21 heavy (non-hydrogen) atoms. The molecule has 0 atom stereocenters. The summed E-state index contributed by atoms with van der Waals surface area (Å²) in [6.07, 6.45) is 3.49. The number of hydrogen-bond donors (Lipinski definition) is 2. The molecule has 2 amide bonds. The first kappa shape index (κ1) is 13.7. The van der Waals surface area contributed by atoms with Crippen LogP contribution in [0.3, 0.4) is 0 Å². The molecule has 0 spiro atoms. The molecule has 1 aromatic carbocycles. The fourth-order valence-corrected chi connectivity index (χ4v) is 3.00. The van der Waals surface area contributed by atoms with E-state index in [1.54, 1.807) is 6.08 Å². The van der Waals surface area contributed by atoms with Crippen LogP contribution >= 0.6 is 0 Å². The Bertz CT molecular complexity index is 687. The molecule has 2 aromatic rings. The van der Waals surface area contributed by atoms with Gasteiger partial charge in [-0.2, -0.15) is 0 Å². The topological polar surface area (TPSA) is 48.1 Å². The van der Waals surface area contributed by atoms with Gasteiger partial charge in [0.15, 0.2) is 0 Å². The highest BCUT2D eigenvalue weighted by Crippen LogP contribution is 2.26. The van der Waals surface area contributed by atoms with Gasteiger partial charge in [-0.05, 0) is 31.0 Å². The first-order valence-electron chi connectivity index (χ1n) is 7.43. The summed E-state index contributed by atoms with van der Waals surface area (Å²) in [6, 6.07) is 6.51. The van der Waals surface area contributed by atoms with Crippen LogP contribution in [0.15, 0.2) is 30.9 Å². The zero-order valence-corrected chi connectivity index (χ0v) is 12.4. The minimum absolute atomic E-state index is 0.000499. The number of rotatable bonds is 2. The molecule has 0 bridgehead atoms. The van der Waals surface area contributed by atoms with Gasteiger partial charge >= 0.3 is 6.03 Å². The summed E-state index contributed by atoms with van der Waals surface area (Å²) in [5.74, 6) is 0. The average Bonchev–Trinajstić information content (AvgIpc) is 2.68. The number of fused-ring (bicyclic) bond motifs is 3. The monoisotopic (exact) mass is 283 g/mol. The molecular weight excluding hydrogens is 262 g/mol. The van der Waals surface area contributed by atoms with E-state index >= 15 is 0 Å². The maximum Gasteiger partial charge on any atom is 0.317 e. The van der Waals surface area contributed by atoms with Gasteiger partial charge in [0.25, 0.3) is 0 Å². The van der Waals surface area contributed by atoms with Crippen LogP contribution in [0.5, 0.6) is 0 Å². The largest absolute Gasteiger partial charge is 0.358 e. The van der Waals surface area contributed by atoms with Crippen molar-refractivity contribution in [3.63, 3.8) is 0 Å². The summed E-state index contributed by atoms with van der Waals surface area (Å²) in [5.41, 5.74) is 5.12. The SMILES string of the molecule is C=CCNC(=O)N1CCc2[nH]c3ccc(C)cc3c2CC1. The lowest BCUT2D eigenvalue weighted by Crippen LogP contribution is -2.41. The highest BCUT2D eigenvalue weighted by molar-refractivity contribution is 5.85. The maximum absolute atomic E-state index is 12.1. The molecule has 1 aliphatic rings. The van der Waals surface area contributed by atoms with Gasteiger partial charge in [-0.3, -0.25) is 0 Å². The van der Waals surface area contributed by atoms with Crippen molar-refractivity contribution in [1.29, 1.82) is 0 Å². The molecule has 2 N–H and O–H groups in total. The number of carbonyl (C=O) groups excluding carboxylic acids is 1. The van der Waals surface area contributed by atoms with Gasteiger partial charge in [0, 0.05) is 42.7 Å². The molecule has 0 radical (unpaired) electrons. The number of urea groups is 1. The van der Waals surface area contributed by atoms with Crippen molar-refractivity contribution in [2.75, 3.05) is 19.6 Å². The lowest BCUT2D eigenvalue weighted by atomic mass is 10.1. The highest BCUT2D eigenvalue weighted by atomic mass is 16.2. The first-order valence-corrected chi connectivity index (χ1v) is 7.43. The Morgan fingerprint density at radius 2 is 2.24 bits per heavy atom. The van der Waals surface area contributed by atoms with Crippen molar-refractivity contribution in [1.82, 2.24) is 15.2 Å². The Labute approximate surface area is 124 Å². The fraction of sp³-hybridized carbons (Fsp3) is 0.353. The van der Waals surface area contributed by atoms with Crippen LogP contribution in [-0.4, -0.2) is 35.5 Å². The summed E-state index contributed by atoms with van der Waals surface area (Å²) in [6.45, 7) is 7.77. The van der Waals surface area contributed by atoms with E-state index in [2.05, 4.69) is 42.0 Å². The van der Waals surface area contributed by atoms with Crippen LogP contribution in [0.1, 0.15) is 16.8 Å². The van der Waals surface area contributed by atoms with Gasteiger partial charge in [0.1, 0.15) is 0 Å². The summed E-state index contributed by atoms with van der Waals surface area (Å²) in [7, 11) is 0. The number of carbonyl (C=O) groups is 1. The van der Waals surface area contributed by atoms with E-state index in [1.807, 2.05) is 4.90 Å². The van der Waals surface area contributed by atoms with E-state index in [4.69, 9.17) is 0 Å². The average molecular weight is 283 g/mol. The second-order valence-electron chi connectivity index (χ2n) is 5.59. The number of H-pyrrole nitrogens is 1. The highest BCUT2D eigenvalue weighted by Gasteiger charge is 2.20. The zero-order valence-electron chi connectivity index (χ0n) is 12.4. The second kappa shape index (κ2) is 5.64. The van der Waals surface area contributed by atoms with Crippen LogP contribution in [0, 0.1) is 6.92 Å². The number of amides is 2. The third kappa shape index (κ3) is 2.66. The minimum atomic E-state index is 0.000499. The van der Waals surface area contributed by atoms with Crippen molar-refractivity contribution in [3.8, 4) is 0 Å². The predicted molar refractivity (Wildman–Crippen MR) is 85.6 cm³/mol. The van der Waals surface area contributed by atoms with E-state index < -0.39 is 0 Å². The number of aromatic nitrogens is 1. The van der Waals surface area contributed by atoms with E-state index in [0.717, 1.165) is 25.9 Å². The van der Waals surface area contributed by atoms with Gasteiger partial charge < -0.3 is 15.2 Å². The van der Waals surface area contributed by atoms with Crippen LogP contribution in [0.2, 0.25) is 0 Å². The fourth-order valence-electron chi connectivity index (χ4n) is 3.00. The second-order valence-corrected chi connectivity index (χ2v) is 5.59. The number of aryl methyl sites for hydroxylation is 1. The summed E-state index contributed by atoms with van der Waals surface area (Å²) < 4.78 is 0. The molecule has 1 aliphatic heterocycles. The molecular formula is C17H21N3O. The van der Waals surface area contributed by atoms with Gasteiger partial charge in [-0.15, -0.1) is 6.58 Å². The maximum atomic E-state index is 12.1. The van der Waals surface area contributed by atoms with Crippen molar-refractivity contribution in [2.24, 2.45) is 0 Å². The lowest BCUT2D eigenvalue weighted by Gasteiger charge is -2.20. The van der Waals surface area contributed by atoms with Crippen molar-refractivity contribution < 1.29 is 4.79 Å². The van der Waals surface area contributed by atoms with Crippen molar-refractivity contribution in [2.45, 2.75) is 19.8 Å². The molecule has 2 heterocycles. The quantitative estimate of drug-likeness (QED) is 0.818. The van der Waals surface area contributed by atoms with E-state index in [1.165, 1.54) is 27.7 Å². The zero-order chi connectivity index (χ0) is 14.8. The van der Waals surface area contributed by atoms with E-state index in [9.17, 15) is 4.79 Å². The number of nitrogens with one attached hydrogen (secondary N) is 2. The molecule has 0 unspecified atom stereocenters. The molecule has 4 heteroatoms. The molecule has 1 aromatic heterocycles. The van der Waals surface area contributed by atoms with Crippen molar-refractivity contribution >= 4 is 16.9 Å². The molecule has 4 nitrogen and oxygen atoms in total. The number of nitrogens with zero attached hydrogens (tertiary/aromatic N) is 1. The number of aromatic amines is 1. The summed E-state index contributed by atoms with van der Waals surface area (Å²) in [5, 5.41) is 4.16. The van der Waals surface area contributed by atoms with Crippen LogP contribution < -0.4 is 5.32 Å². The smallest absolute Gasteiger partial charge is 0.317 e. The molecule has 110 valence electrons. The van der Waals surface area contributed by atoms with Gasteiger partial charge in [0.2, 0.25) is 0 Å². The number of hydrogen-bond acceptors (Lipinski definition) is 1. The van der Waals surface area contributed by atoms with Crippen LogP contribution in [-0.2, 0) is 12.8 Å². The van der Waals surface area contributed by atoms with Crippen molar-refractivity contribution in [3.05, 3.63) is 47.7 Å². The van der Waals surface area contributed by atoms with Gasteiger partial charge in [0.05, 0.1) is 0 Å². The molecule has 0 saturated carbocycles. The minimum Gasteiger partial charge on any atom is -0.358 e. The van der Waals surface area contributed by atoms with Crippen LogP contribution in [0.25, 0.3) is 10.9 Å². The Kier molecular flexibility index (Phi) is 3.69. The molecule has 0 saturated heterocycles. The van der Waals surface area contributed by atoms with E-state index in [0.29, 0.717) is 6.54 Å². The Morgan fingerprint density at radius 1 is 1.43 bits per heavy atom. The summed E-state index contributed by atoms with van der Waals surface area (Å²) in [4.78, 5) is 17.5. The third-order valence-electron chi connectivity index (χ3n) is 4.10. The molecule has 3 rings (SSSR count). The Morgan fingerprint density at radius 3 is 3.05 bits per heavy atom. The predicted octanol–water partition coefficient (Wildman–Crippen LogP) is 2.77. The Hall–Kier alpha value is -2.23. The molecule has 0 fully saturated rings. The third-order valence-corrected chi connectivity index (χ3v) is 4.10. The van der Waals surface area contributed by atoms with Crippen LogP contribution in [0.4, 0.5) is 4.79 Å². The Balaban J connectivity index is 1.82. The normalized spacial score (nSPS) is 14.6. The van der Waals surface area contributed by atoms with Gasteiger partial charge in [-0.25, -0.2) is 4.79 Å². The first-order chi connectivity index (χ1) is 10.2. The summed E-state index contributed by atoms with van der Waals surface area (Å²) >= 11 is 0. The molecule has 0 aliphatic carbocycles. The van der Waals surface area contributed by atoms with E-state index in [-0.39, 0.29) is 6.03 Å². The lowest BCUT2D eigenvalue weighted by molar-refractivity contribution is 0.201. The number of benzene rings is 1.